The van der Waals surface area contributed by atoms with E-state index in [1.165, 1.54) is 32.1 Å². The van der Waals surface area contributed by atoms with E-state index in [1.54, 1.807) is 4.90 Å². The summed E-state index contributed by atoms with van der Waals surface area (Å²) in [5.41, 5.74) is 0. The summed E-state index contributed by atoms with van der Waals surface area (Å²) in [5.74, 6) is 0.167. The number of hydrogen-bond acceptors (Lipinski definition) is 2. The van der Waals surface area contributed by atoms with Gasteiger partial charge in [0.15, 0.2) is 5.11 Å². The third-order valence-corrected chi connectivity index (χ3v) is 4.27. The fraction of sp³-hybridized carbons (Fsp3) is 0.846. The van der Waals surface area contributed by atoms with E-state index in [4.69, 9.17) is 12.2 Å². The fourth-order valence-electron chi connectivity index (χ4n) is 2.67. The summed E-state index contributed by atoms with van der Waals surface area (Å²) in [7, 11) is 1.86. The zero-order chi connectivity index (χ0) is 13.0. The van der Waals surface area contributed by atoms with Crippen LogP contribution in [0.1, 0.15) is 38.5 Å². The summed E-state index contributed by atoms with van der Waals surface area (Å²) in [6.45, 7) is 2.14. The molecule has 2 rings (SSSR count). The van der Waals surface area contributed by atoms with Crippen LogP contribution >= 0.6 is 12.2 Å². The van der Waals surface area contributed by atoms with Gasteiger partial charge >= 0.3 is 0 Å². The van der Waals surface area contributed by atoms with E-state index in [2.05, 4.69) is 5.32 Å². The molecule has 2 fully saturated rings. The molecular weight excluding hydrogens is 246 g/mol. The molecule has 2 aliphatic rings. The van der Waals surface area contributed by atoms with E-state index in [9.17, 15) is 4.79 Å². The number of thiocarbonyl (C=S) groups is 1. The molecule has 0 radical (unpaired) electrons. The summed E-state index contributed by atoms with van der Waals surface area (Å²) in [5, 5.41) is 4.21. The minimum absolute atomic E-state index is 0.167. The Morgan fingerprint density at radius 1 is 1.22 bits per heavy atom. The van der Waals surface area contributed by atoms with E-state index in [0.29, 0.717) is 12.6 Å². The van der Waals surface area contributed by atoms with Crippen LogP contribution in [-0.4, -0.2) is 53.5 Å². The molecule has 102 valence electrons. The summed E-state index contributed by atoms with van der Waals surface area (Å²) in [6.07, 6.45) is 7.35. The van der Waals surface area contributed by atoms with Crippen molar-refractivity contribution in [3.63, 3.8) is 0 Å². The molecule has 5 heteroatoms. The molecule has 0 atom stereocenters. The van der Waals surface area contributed by atoms with Gasteiger partial charge in [0, 0.05) is 26.2 Å². The molecule has 0 aromatic carbocycles. The Kier molecular flexibility index (Phi) is 4.80. The van der Waals surface area contributed by atoms with Crippen molar-refractivity contribution >= 4 is 23.2 Å². The zero-order valence-corrected chi connectivity index (χ0v) is 12.0. The lowest BCUT2D eigenvalue weighted by molar-refractivity contribution is -0.129. The molecule has 1 aliphatic carbocycles. The summed E-state index contributed by atoms with van der Waals surface area (Å²) < 4.78 is 0. The Morgan fingerprint density at radius 3 is 2.67 bits per heavy atom. The van der Waals surface area contributed by atoms with Crippen molar-refractivity contribution in [3.05, 3.63) is 0 Å². The van der Waals surface area contributed by atoms with Crippen LogP contribution in [-0.2, 0) is 4.79 Å². The van der Waals surface area contributed by atoms with Crippen molar-refractivity contribution in [3.8, 4) is 0 Å². The molecule has 1 N–H and O–H groups in total. The van der Waals surface area contributed by atoms with E-state index in [1.807, 2.05) is 11.9 Å². The Bertz CT molecular complexity index is 315. The number of rotatable bonds is 1. The number of likely N-dealkylation sites (N-methyl/N-ethyl adjacent to an activating group) is 1. The maximum atomic E-state index is 11.8. The van der Waals surface area contributed by atoms with Crippen LogP contribution in [0.5, 0.6) is 0 Å². The Labute approximate surface area is 115 Å². The average Bonchev–Trinajstić information content (AvgIpc) is 2.53. The highest BCUT2D eigenvalue weighted by molar-refractivity contribution is 7.80. The predicted octanol–water partition coefficient (Wildman–Crippen LogP) is 1.36. The van der Waals surface area contributed by atoms with Gasteiger partial charge in [-0.3, -0.25) is 4.79 Å². The second-order valence-corrected chi connectivity index (χ2v) is 5.76. The lowest BCUT2D eigenvalue weighted by Gasteiger charge is -2.29. The molecule has 1 saturated heterocycles. The SMILES string of the molecule is CN1CCCN(C(=S)NC2CCCCC2)CC1=O. The fourth-order valence-corrected chi connectivity index (χ4v) is 3.00. The zero-order valence-electron chi connectivity index (χ0n) is 11.2. The van der Waals surface area contributed by atoms with Crippen LogP contribution in [0.3, 0.4) is 0 Å². The predicted molar refractivity (Wildman–Crippen MR) is 76.4 cm³/mol. The third kappa shape index (κ3) is 3.57. The van der Waals surface area contributed by atoms with Crippen molar-refractivity contribution in [1.82, 2.24) is 15.1 Å². The summed E-state index contributed by atoms with van der Waals surface area (Å²) >= 11 is 5.45. The number of carbonyl (C=O) groups excluding carboxylic acids is 1. The topological polar surface area (TPSA) is 35.6 Å². The van der Waals surface area contributed by atoms with Crippen molar-refractivity contribution in [2.75, 3.05) is 26.7 Å². The van der Waals surface area contributed by atoms with Gasteiger partial charge in [-0.25, -0.2) is 0 Å². The molecule has 0 bridgehead atoms. The smallest absolute Gasteiger partial charge is 0.241 e. The molecule has 1 heterocycles. The van der Waals surface area contributed by atoms with Crippen molar-refractivity contribution in [2.24, 2.45) is 0 Å². The van der Waals surface area contributed by atoms with Gasteiger partial charge in [0.05, 0.1) is 6.54 Å². The minimum Gasteiger partial charge on any atom is -0.360 e. The van der Waals surface area contributed by atoms with Gasteiger partial charge in [0.2, 0.25) is 5.91 Å². The third-order valence-electron chi connectivity index (χ3n) is 3.89. The van der Waals surface area contributed by atoms with Crippen LogP contribution in [0, 0.1) is 0 Å². The maximum absolute atomic E-state index is 11.8. The van der Waals surface area contributed by atoms with Crippen LogP contribution in [0.15, 0.2) is 0 Å². The second-order valence-electron chi connectivity index (χ2n) is 5.37. The Hall–Kier alpha value is -0.840. The molecule has 1 amide bonds. The molecule has 1 aliphatic heterocycles. The first-order chi connectivity index (χ1) is 8.66. The van der Waals surface area contributed by atoms with Crippen LogP contribution < -0.4 is 5.32 Å². The van der Waals surface area contributed by atoms with Gasteiger partial charge in [-0.15, -0.1) is 0 Å². The first-order valence-corrected chi connectivity index (χ1v) is 7.37. The average molecular weight is 269 g/mol. The van der Waals surface area contributed by atoms with Gasteiger partial charge in [-0.1, -0.05) is 19.3 Å². The molecule has 18 heavy (non-hydrogen) atoms. The van der Waals surface area contributed by atoms with E-state index in [-0.39, 0.29) is 5.91 Å². The number of amides is 1. The van der Waals surface area contributed by atoms with Crippen LogP contribution in [0.4, 0.5) is 0 Å². The van der Waals surface area contributed by atoms with E-state index < -0.39 is 0 Å². The highest BCUT2D eigenvalue weighted by atomic mass is 32.1. The highest BCUT2D eigenvalue weighted by Crippen LogP contribution is 2.17. The quantitative estimate of drug-likeness (QED) is 0.729. The van der Waals surface area contributed by atoms with Gasteiger partial charge < -0.3 is 15.1 Å². The normalized spacial score (nSPS) is 22.8. The molecular formula is C13H23N3OS. The highest BCUT2D eigenvalue weighted by Gasteiger charge is 2.22. The van der Waals surface area contributed by atoms with Crippen molar-refractivity contribution in [1.29, 1.82) is 0 Å². The molecule has 0 aromatic heterocycles. The van der Waals surface area contributed by atoms with Gasteiger partial charge in [-0.05, 0) is 31.5 Å². The maximum Gasteiger partial charge on any atom is 0.241 e. The first-order valence-electron chi connectivity index (χ1n) is 6.96. The Balaban J connectivity index is 1.85. The molecule has 4 nitrogen and oxygen atoms in total. The summed E-state index contributed by atoms with van der Waals surface area (Å²) in [6, 6.07) is 0.516. The molecule has 1 saturated carbocycles. The largest absolute Gasteiger partial charge is 0.360 e. The minimum atomic E-state index is 0.167. The number of carbonyl (C=O) groups is 1. The lowest BCUT2D eigenvalue weighted by Crippen LogP contribution is -2.47. The van der Waals surface area contributed by atoms with Crippen LogP contribution in [0.25, 0.3) is 0 Å². The van der Waals surface area contributed by atoms with Crippen LogP contribution in [0.2, 0.25) is 0 Å². The Morgan fingerprint density at radius 2 is 1.94 bits per heavy atom. The number of hydrogen-bond donors (Lipinski definition) is 1. The van der Waals surface area contributed by atoms with Gasteiger partial charge in [0.25, 0.3) is 0 Å². The van der Waals surface area contributed by atoms with Crippen molar-refractivity contribution < 1.29 is 4.79 Å². The summed E-state index contributed by atoms with van der Waals surface area (Å²) in [4.78, 5) is 15.6. The molecule has 0 aromatic rings. The first kappa shape index (κ1) is 13.6. The van der Waals surface area contributed by atoms with Gasteiger partial charge in [-0.2, -0.15) is 0 Å². The van der Waals surface area contributed by atoms with E-state index in [0.717, 1.165) is 24.6 Å². The number of nitrogens with one attached hydrogen (secondary N) is 1. The second kappa shape index (κ2) is 6.36. The van der Waals surface area contributed by atoms with E-state index >= 15 is 0 Å². The van der Waals surface area contributed by atoms with Crippen molar-refractivity contribution in [2.45, 2.75) is 44.6 Å². The lowest BCUT2D eigenvalue weighted by atomic mass is 9.96. The molecule has 0 spiro atoms. The number of nitrogens with zero attached hydrogens (tertiary/aromatic N) is 2. The van der Waals surface area contributed by atoms with Gasteiger partial charge in [0.1, 0.15) is 0 Å². The monoisotopic (exact) mass is 269 g/mol. The molecule has 0 unspecified atom stereocenters. The standard InChI is InChI=1S/C13H23N3OS/c1-15-8-5-9-16(10-12(15)17)13(18)14-11-6-3-2-4-7-11/h11H,2-10H2,1H3,(H,14,18).